The van der Waals surface area contributed by atoms with E-state index in [0.717, 1.165) is 51.8 Å². The Labute approximate surface area is 146 Å². The molecule has 0 saturated carbocycles. The Morgan fingerprint density at radius 1 is 1.22 bits per heavy atom. The third-order valence-corrected chi connectivity index (χ3v) is 4.73. The van der Waals surface area contributed by atoms with E-state index < -0.39 is 0 Å². The highest BCUT2D eigenvalue weighted by atomic mass is 35.5. The molecular formula is C17H19ClN4S. The lowest BCUT2D eigenvalue weighted by Crippen LogP contribution is -2.32. The largest absolute Gasteiger partial charge is 0.401 e. The van der Waals surface area contributed by atoms with Crippen LogP contribution in [0.5, 0.6) is 0 Å². The molecular weight excluding hydrogens is 328 g/mol. The summed E-state index contributed by atoms with van der Waals surface area (Å²) in [6.07, 6.45) is 4.34. The maximum Gasteiger partial charge on any atom is 0.129 e. The van der Waals surface area contributed by atoms with Gasteiger partial charge in [0.1, 0.15) is 5.82 Å². The van der Waals surface area contributed by atoms with Crippen LogP contribution in [0.4, 0.5) is 5.82 Å². The predicted octanol–water partition coefficient (Wildman–Crippen LogP) is 3.72. The number of halogens is 1. The number of hydrogen-bond donors (Lipinski definition) is 2. The van der Waals surface area contributed by atoms with Gasteiger partial charge in [0, 0.05) is 41.5 Å². The quantitative estimate of drug-likeness (QED) is 0.814. The Morgan fingerprint density at radius 2 is 2.00 bits per heavy atom. The number of nitrogens with two attached hydrogens (primary N) is 1. The zero-order valence-electron chi connectivity index (χ0n) is 13.2. The fourth-order valence-electron chi connectivity index (χ4n) is 2.74. The second-order valence-electron chi connectivity index (χ2n) is 5.84. The van der Waals surface area contributed by atoms with E-state index in [2.05, 4.69) is 33.6 Å². The first-order valence-corrected chi connectivity index (χ1v) is 8.29. The zero-order valence-corrected chi connectivity index (χ0v) is 14.8. The van der Waals surface area contributed by atoms with Crippen LogP contribution in [0, 0.1) is 13.8 Å². The summed E-state index contributed by atoms with van der Waals surface area (Å²) in [6.45, 7) is 5.57. The number of hydrogen-bond acceptors (Lipinski definition) is 5. The van der Waals surface area contributed by atoms with Crippen LogP contribution in [-0.4, -0.2) is 23.1 Å². The summed E-state index contributed by atoms with van der Waals surface area (Å²) in [5.74, 6) is 0.866. The number of rotatable bonds is 2. The lowest BCUT2D eigenvalue weighted by atomic mass is 10.1. The van der Waals surface area contributed by atoms with E-state index in [1.165, 1.54) is 0 Å². The topological polar surface area (TPSA) is 55.0 Å². The van der Waals surface area contributed by atoms with E-state index in [1.54, 1.807) is 6.20 Å². The van der Waals surface area contributed by atoms with E-state index in [4.69, 9.17) is 17.3 Å². The van der Waals surface area contributed by atoms with Crippen molar-refractivity contribution in [3.05, 3.63) is 51.3 Å². The van der Waals surface area contributed by atoms with E-state index in [9.17, 15) is 0 Å². The van der Waals surface area contributed by atoms with Crippen LogP contribution >= 0.6 is 24.2 Å². The molecule has 1 aliphatic heterocycles. The summed E-state index contributed by atoms with van der Waals surface area (Å²) in [7, 11) is 0. The minimum atomic E-state index is 0.603. The van der Waals surface area contributed by atoms with Crippen LogP contribution in [0.15, 0.2) is 35.1 Å². The van der Waals surface area contributed by atoms with Gasteiger partial charge < -0.3 is 10.6 Å². The van der Waals surface area contributed by atoms with Gasteiger partial charge in [0.05, 0.1) is 17.3 Å². The van der Waals surface area contributed by atoms with E-state index >= 15 is 0 Å². The van der Waals surface area contributed by atoms with Gasteiger partial charge >= 0.3 is 0 Å². The summed E-state index contributed by atoms with van der Waals surface area (Å²) in [6, 6.07) is 4.10. The molecule has 120 valence electrons. The van der Waals surface area contributed by atoms with Crippen molar-refractivity contribution in [2.45, 2.75) is 20.3 Å². The third-order valence-electron chi connectivity index (χ3n) is 4.00. The number of anilines is 1. The molecule has 0 bridgehead atoms. The van der Waals surface area contributed by atoms with Gasteiger partial charge in [-0.15, -0.1) is 12.6 Å². The molecule has 0 spiro atoms. The molecule has 23 heavy (non-hydrogen) atoms. The molecule has 0 amide bonds. The lowest BCUT2D eigenvalue weighted by Gasteiger charge is -2.29. The SMILES string of the molecule is Cc1cnc(-c2cc(N3CCC(N)=C(S)C3)ncc2Cl)c(C)c1. The van der Waals surface area contributed by atoms with Gasteiger partial charge in [-0.25, -0.2) is 4.98 Å². The van der Waals surface area contributed by atoms with Gasteiger partial charge in [-0.2, -0.15) is 0 Å². The van der Waals surface area contributed by atoms with Gasteiger partial charge in [-0.1, -0.05) is 17.7 Å². The fraction of sp³-hybridized carbons (Fsp3) is 0.294. The molecule has 0 aromatic carbocycles. The van der Waals surface area contributed by atoms with Crippen molar-refractivity contribution in [2.75, 3.05) is 18.0 Å². The second kappa shape index (κ2) is 6.42. The monoisotopic (exact) mass is 346 g/mol. The first-order chi connectivity index (χ1) is 11.0. The molecule has 3 rings (SSSR count). The second-order valence-corrected chi connectivity index (χ2v) is 6.79. The number of aryl methyl sites for hydroxylation is 2. The highest BCUT2D eigenvalue weighted by molar-refractivity contribution is 7.84. The van der Waals surface area contributed by atoms with Gasteiger partial charge in [-0.3, -0.25) is 4.98 Å². The minimum absolute atomic E-state index is 0.603. The molecule has 2 aromatic rings. The summed E-state index contributed by atoms with van der Waals surface area (Å²) in [5, 5.41) is 0.603. The molecule has 0 fully saturated rings. The smallest absolute Gasteiger partial charge is 0.129 e. The van der Waals surface area contributed by atoms with Crippen molar-refractivity contribution in [3.63, 3.8) is 0 Å². The summed E-state index contributed by atoms with van der Waals surface area (Å²) >= 11 is 10.8. The maximum atomic E-state index is 6.37. The fourth-order valence-corrected chi connectivity index (χ4v) is 3.21. The number of thiol groups is 1. The molecule has 0 unspecified atom stereocenters. The van der Waals surface area contributed by atoms with E-state index in [0.29, 0.717) is 11.6 Å². The van der Waals surface area contributed by atoms with Crippen LogP contribution in [0.25, 0.3) is 11.3 Å². The molecule has 2 N–H and O–H groups in total. The third kappa shape index (κ3) is 3.31. The highest BCUT2D eigenvalue weighted by Crippen LogP contribution is 2.32. The zero-order chi connectivity index (χ0) is 16.6. The molecule has 0 aliphatic carbocycles. The Kier molecular flexibility index (Phi) is 4.50. The first-order valence-electron chi connectivity index (χ1n) is 7.46. The normalized spacial score (nSPS) is 15.2. The van der Waals surface area contributed by atoms with Crippen LogP contribution < -0.4 is 10.6 Å². The predicted molar refractivity (Wildman–Crippen MR) is 99.0 cm³/mol. The molecule has 3 heterocycles. The summed E-state index contributed by atoms with van der Waals surface area (Å²) in [4.78, 5) is 12.1. The highest BCUT2D eigenvalue weighted by Gasteiger charge is 2.18. The lowest BCUT2D eigenvalue weighted by molar-refractivity contribution is 0.763. The molecule has 0 atom stereocenters. The van der Waals surface area contributed by atoms with Crippen molar-refractivity contribution in [1.29, 1.82) is 0 Å². The average Bonchev–Trinajstić information content (AvgIpc) is 2.51. The molecule has 4 nitrogen and oxygen atoms in total. The minimum Gasteiger partial charge on any atom is -0.401 e. The molecule has 0 saturated heterocycles. The Balaban J connectivity index is 2.00. The van der Waals surface area contributed by atoms with Gasteiger partial charge in [0.25, 0.3) is 0 Å². The van der Waals surface area contributed by atoms with Crippen molar-refractivity contribution >= 4 is 30.0 Å². The molecule has 2 aromatic heterocycles. The van der Waals surface area contributed by atoms with E-state index in [1.807, 2.05) is 26.1 Å². The maximum absolute atomic E-state index is 6.37. The average molecular weight is 347 g/mol. The van der Waals surface area contributed by atoms with E-state index in [-0.39, 0.29) is 0 Å². The van der Waals surface area contributed by atoms with Crippen LogP contribution in [0.1, 0.15) is 17.5 Å². The first kappa shape index (κ1) is 16.1. The number of pyridine rings is 2. The van der Waals surface area contributed by atoms with Gasteiger partial charge in [0.15, 0.2) is 0 Å². The number of nitrogens with zero attached hydrogens (tertiary/aromatic N) is 3. The Hall–Kier alpha value is -1.72. The van der Waals surface area contributed by atoms with Crippen molar-refractivity contribution in [1.82, 2.24) is 9.97 Å². The summed E-state index contributed by atoms with van der Waals surface area (Å²) < 4.78 is 0. The molecule has 0 radical (unpaired) electrons. The van der Waals surface area contributed by atoms with Gasteiger partial charge in [0.2, 0.25) is 0 Å². The van der Waals surface area contributed by atoms with Crippen molar-refractivity contribution in [2.24, 2.45) is 5.73 Å². The Morgan fingerprint density at radius 3 is 2.70 bits per heavy atom. The van der Waals surface area contributed by atoms with Crippen molar-refractivity contribution < 1.29 is 0 Å². The Bertz CT molecular complexity index is 788. The van der Waals surface area contributed by atoms with Crippen LogP contribution in [-0.2, 0) is 0 Å². The standard InChI is InChI=1S/C17H19ClN4S/c1-10-5-11(2)17(21-7-10)12-6-16(20-8-13(12)18)22-4-3-14(19)15(23)9-22/h5-8,23H,3-4,9,19H2,1-2H3. The molecule has 1 aliphatic rings. The number of aromatic nitrogens is 2. The van der Waals surface area contributed by atoms with Gasteiger partial charge in [-0.05, 0) is 31.0 Å². The summed E-state index contributed by atoms with van der Waals surface area (Å²) in [5.41, 5.74) is 10.8. The van der Waals surface area contributed by atoms with Crippen LogP contribution in [0.2, 0.25) is 5.02 Å². The molecule has 6 heteroatoms. The van der Waals surface area contributed by atoms with Crippen molar-refractivity contribution in [3.8, 4) is 11.3 Å². The van der Waals surface area contributed by atoms with Crippen LogP contribution in [0.3, 0.4) is 0 Å².